The van der Waals surface area contributed by atoms with Gasteiger partial charge in [0.05, 0.1) is 23.0 Å². The monoisotopic (exact) mass is 324 g/mol. The van der Waals surface area contributed by atoms with E-state index in [9.17, 15) is 0 Å². The molecule has 120 valence electrons. The molecule has 0 fully saturated rings. The number of nitrogens with two attached hydrogens (primary N) is 1. The zero-order chi connectivity index (χ0) is 17.6. The van der Waals surface area contributed by atoms with Gasteiger partial charge in [-0.3, -0.25) is 10.4 Å². The van der Waals surface area contributed by atoms with Crippen LogP contribution in [0.2, 0.25) is 0 Å². The van der Waals surface area contributed by atoms with Gasteiger partial charge in [0.25, 0.3) is 0 Å². The molecular formula is C21H16N4. The fourth-order valence-corrected chi connectivity index (χ4v) is 2.39. The Morgan fingerprint density at radius 1 is 0.960 bits per heavy atom. The number of aliphatic imine (C=N–C) groups is 1. The maximum absolute atomic E-state index is 8.89. The topological polar surface area (TPSA) is 86.0 Å². The molecule has 0 amide bonds. The first-order chi connectivity index (χ1) is 12.2. The van der Waals surface area contributed by atoms with Gasteiger partial charge in [0.15, 0.2) is 0 Å². The molecule has 4 nitrogen and oxygen atoms in total. The molecule has 25 heavy (non-hydrogen) atoms. The van der Waals surface area contributed by atoms with Crippen molar-refractivity contribution < 1.29 is 0 Å². The van der Waals surface area contributed by atoms with E-state index in [0.29, 0.717) is 22.6 Å². The van der Waals surface area contributed by atoms with E-state index in [-0.39, 0.29) is 0 Å². The van der Waals surface area contributed by atoms with Crippen molar-refractivity contribution >= 4 is 23.3 Å². The fourth-order valence-electron chi connectivity index (χ4n) is 2.39. The first-order valence-electron chi connectivity index (χ1n) is 7.75. The van der Waals surface area contributed by atoms with Gasteiger partial charge in [-0.05, 0) is 35.9 Å². The highest BCUT2D eigenvalue weighted by Crippen LogP contribution is 2.22. The Hall–Kier alpha value is -3.71. The summed E-state index contributed by atoms with van der Waals surface area (Å²) in [5, 5.41) is 17.4. The molecule has 0 heterocycles. The van der Waals surface area contributed by atoms with E-state index in [2.05, 4.69) is 11.1 Å². The molecule has 0 saturated heterocycles. The average Bonchev–Trinajstić information content (AvgIpc) is 2.67. The minimum atomic E-state index is 0.370. The summed E-state index contributed by atoms with van der Waals surface area (Å²) in [4.78, 5) is 4.53. The predicted molar refractivity (Wildman–Crippen MR) is 102 cm³/mol. The van der Waals surface area contributed by atoms with Gasteiger partial charge in [-0.25, -0.2) is 0 Å². The molecule has 0 radical (unpaired) electrons. The summed E-state index contributed by atoms with van der Waals surface area (Å²) >= 11 is 0. The maximum atomic E-state index is 8.89. The zero-order valence-electron chi connectivity index (χ0n) is 13.5. The molecule has 0 aliphatic heterocycles. The van der Waals surface area contributed by atoms with Crippen molar-refractivity contribution in [1.82, 2.24) is 0 Å². The SMILES string of the molecule is N#Cc1ccc(C(=N)c2ccccc2/N=C/c2ccc(N)cc2)cc1. The smallest absolute Gasteiger partial charge is 0.0991 e. The van der Waals surface area contributed by atoms with E-state index in [1.807, 2.05) is 48.5 Å². The van der Waals surface area contributed by atoms with E-state index in [4.69, 9.17) is 16.4 Å². The van der Waals surface area contributed by atoms with Crippen LogP contribution in [0.1, 0.15) is 22.3 Å². The largest absolute Gasteiger partial charge is 0.399 e. The molecule has 0 aliphatic carbocycles. The van der Waals surface area contributed by atoms with Crippen molar-refractivity contribution in [2.24, 2.45) is 4.99 Å². The minimum absolute atomic E-state index is 0.370. The third kappa shape index (κ3) is 3.80. The number of rotatable bonds is 4. The summed E-state index contributed by atoms with van der Waals surface area (Å²) in [7, 11) is 0. The first-order valence-corrected chi connectivity index (χ1v) is 7.75. The second kappa shape index (κ2) is 7.24. The normalized spacial score (nSPS) is 10.5. The lowest BCUT2D eigenvalue weighted by Gasteiger charge is -2.08. The third-order valence-electron chi connectivity index (χ3n) is 3.77. The van der Waals surface area contributed by atoms with Crippen molar-refractivity contribution in [3.05, 3.63) is 95.1 Å². The third-order valence-corrected chi connectivity index (χ3v) is 3.77. The van der Waals surface area contributed by atoms with Gasteiger partial charge in [-0.1, -0.05) is 42.5 Å². The highest BCUT2D eigenvalue weighted by Gasteiger charge is 2.09. The molecule has 3 N–H and O–H groups in total. The zero-order valence-corrected chi connectivity index (χ0v) is 13.5. The molecule has 3 rings (SSSR count). The summed E-state index contributed by atoms with van der Waals surface area (Å²) in [5.41, 5.74) is 10.5. The van der Waals surface area contributed by atoms with Crippen LogP contribution in [0.25, 0.3) is 0 Å². The fraction of sp³-hybridized carbons (Fsp3) is 0. The van der Waals surface area contributed by atoms with Crippen LogP contribution in [0.3, 0.4) is 0 Å². The van der Waals surface area contributed by atoms with Crippen molar-refractivity contribution in [3.63, 3.8) is 0 Å². The van der Waals surface area contributed by atoms with Gasteiger partial charge < -0.3 is 5.73 Å². The first kappa shape index (κ1) is 16.2. The summed E-state index contributed by atoms with van der Waals surface area (Å²) in [6, 6.07) is 24.0. The molecular weight excluding hydrogens is 308 g/mol. The number of nitrogen functional groups attached to an aromatic ring is 1. The number of anilines is 1. The Kier molecular flexibility index (Phi) is 4.68. The number of para-hydroxylation sites is 1. The Morgan fingerprint density at radius 3 is 2.32 bits per heavy atom. The van der Waals surface area contributed by atoms with Crippen molar-refractivity contribution in [2.45, 2.75) is 0 Å². The van der Waals surface area contributed by atoms with Gasteiger partial charge >= 0.3 is 0 Å². The highest BCUT2D eigenvalue weighted by atomic mass is 14.7. The number of hydrogen-bond donors (Lipinski definition) is 2. The molecule has 0 spiro atoms. The lowest BCUT2D eigenvalue weighted by molar-refractivity contribution is 1.42. The lowest BCUT2D eigenvalue weighted by atomic mass is 10.00. The molecule has 4 heteroatoms. The second-order valence-corrected chi connectivity index (χ2v) is 5.51. The number of nitrogens with one attached hydrogen (secondary N) is 1. The Bertz CT molecular complexity index is 962. The lowest BCUT2D eigenvalue weighted by Crippen LogP contribution is -2.01. The van der Waals surface area contributed by atoms with E-state index in [1.165, 1.54) is 0 Å². The maximum Gasteiger partial charge on any atom is 0.0991 e. The Labute approximate surface area is 146 Å². The van der Waals surface area contributed by atoms with Crippen LogP contribution in [0.15, 0.2) is 77.8 Å². The Morgan fingerprint density at radius 2 is 1.64 bits per heavy atom. The van der Waals surface area contributed by atoms with Crippen LogP contribution in [-0.2, 0) is 0 Å². The van der Waals surface area contributed by atoms with E-state index in [1.54, 1.807) is 30.5 Å². The number of benzene rings is 3. The van der Waals surface area contributed by atoms with E-state index >= 15 is 0 Å². The van der Waals surface area contributed by atoms with Gasteiger partial charge in [0.1, 0.15) is 0 Å². The van der Waals surface area contributed by atoms with Crippen molar-refractivity contribution in [3.8, 4) is 6.07 Å². The van der Waals surface area contributed by atoms with Gasteiger partial charge in [-0.15, -0.1) is 0 Å². The van der Waals surface area contributed by atoms with Crippen LogP contribution in [0.4, 0.5) is 11.4 Å². The van der Waals surface area contributed by atoms with E-state index in [0.717, 1.165) is 16.7 Å². The molecule has 0 saturated carbocycles. The van der Waals surface area contributed by atoms with Crippen LogP contribution < -0.4 is 5.73 Å². The second-order valence-electron chi connectivity index (χ2n) is 5.51. The van der Waals surface area contributed by atoms with Crippen LogP contribution in [0.5, 0.6) is 0 Å². The summed E-state index contributed by atoms with van der Waals surface area (Å²) < 4.78 is 0. The Balaban J connectivity index is 1.91. The average molecular weight is 324 g/mol. The van der Waals surface area contributed by atoms with Crippen LogP contribution in [0, 0.1) is 16.7 Å². The highest BCUT2D eigenvalue weighted by molar-refractivity contribution is 6.14. The molecule has 3 aromatic carbocycles. The molecule has 0 unspecified atom stereocenters. The van der Waals surface area contributed by atoms with Crippen molar-refractivity contribution in [1.29, 1.82) is 10.7 Å². The summed E-state index contributed by atoms with van der Waals surface area (Å²) in [6.07, 6.45) is 1.75. The van der Waals surface area contributed by atoms with Gasteiger partial charge in [-0.2, -0.15) is 5.26 Å². The predicted octanol–water partition coefficient (Wildman–Crippen LogP) is 4.31. The summed E-state index contributed by atoms with van der Waals surface area (Å²) in [5.74, 6) is 0. The number of nitriles is 1. The minimum Gasteiger partial charge on any atom is -0.399 e. The molecule has 0 aromatic heterocycles. The molecule has 0 bridgehead atoms. The van der Waals surface area contributed by atoms with Gasteiger partial charge in [0, 0.05) is 23.0 Å². The van der Waals surface area contributed by atoms with Gasteiger partial charge in [0.2, 0.25) is 0 Å². The molecule has 0 aliphatic rings. The molecule has 0 atom stereocenters. The van der Waals surface area contributed by atoms with E-state index < -0.39 is 0 Å². The quantitative estimate of drug-likeness (QED) is 0.553. The van der Waals surface area contributed by atoms with Crippen LogP contribution in [-0.4, -0.2) is 11.9 Å². The standard InChI is InChI=1S/C21H16N4/c22-13-15-5-9-17(10-6-15)21(24)19-3-1-2-4-20(19)25-14-16-7-11-18(23)12-8-16/h1-12,14,24H,23H2/b24-21?,25-14+. The number of hydrogen-bond acceptors (Lipinski definition) is 4. The number of nitrogens with zero attached hydrogens (tertiary/aromatic N) is 2. The molecule has 3 aromatic rings. The summed E-state index contributed by atoms with van der Waals surface area (Å²) in [6.45, 7) is 0. The van der Waals surface area contributed by atoms with Crippen molar-refractivity contribution in [2.75, 3.05) is 5.73 Å². The van der Waals surface area contributed by atoms with Crippen LogP contribution >= 0.6 is 0 Å².